The van der Waals surface area contributed by atoms with E-state index in [9.17, 15) is 4.79 Å². The van der Waals surface area contributed by atoms with Gasteiger partial charge >= 0.3 is 0 Å². The Labute approximate surface area is 183 Å². The minimum absolute atomic E-state index is 0.0115. The Morgan fingerprint density at radius 1 is 1.30 bits per heavy atom. The lowest BCUT2D eigenvalue weighted by atomic mass is 9.90. The van der Waals surface area contributed by atoms with Gasteiger partial charge in [0.05, 0.1) is 0 Å². The summed E-state index contributed by atoms with van der Waals surface area (Å²) in [6.45, 7) is 6.87. The van der Waals surface area contributed by atoms with Crippen LogP contribution in [-0.4, -0.2) is 72.6 Å². The molecule has 1 aliphatic heterocycles. The highest BCUT2D eigenvalue weighted by molar-refractivity contribution is 6.27. The van der Waals surface area contributed by atoms with Gasteiger partial charge in [0.25, 0.3) is 6.26 Å². The standard InChI is InChI=1S/C22H31ClN4O3/c1-2-25-20-13-19(6-7-21(20)29-16-24)30-18-5-3-4-17(12-18)15-26-8-10-27(11-9-26)22(28)14-23/h3-5,12,19-21,25H,2,6-11,13-15H2,1H3. The number of nitriles is 1. The molecule has 2 fully saturated rings. The van der Waals surface area contributed by atoms with Crippen LogP contribution in [0.25, 0.3) is 0 Å². The van der Waals surface area contributed by atoms with E-state index in [1.54, 1.807) is 0 Å². The maximum Gasteiger partial charge on any atom is 0.286 e. The number of hydrogen-bond donors (Lipinski definition) is 1. The number of carbonyl (C=O) groups is 1. The third-order valence-electron chi connectivity index (χ3n) is 5.86. The van der Waals surface area contributed by atoms with Crippen LogP contribution in [0.4, 0.5) is 0 Å². The zero-order valence-corrected chi connectivity index (χ0v) is 18.3. The van der Waals surface area contributed by atoms with Gasteiger partial charge in [-0.15, -0.1) is 11.6 Å². The fourth-order valence-electron chi connectivity index (χ4n) is 4.30. The van der Waals surface area contributed by atoms with Crippen molar-refractivity contribution in [2.24, 2.45) is 0 Å². The van der Waals surface area contributed by atoms with E-state index in [0.717, 1.165) is 64.3 Å². The van der Waals surface area contributed by atoms with Crippen LogP contribution in [0, 0.1) is 11.5 Å². The SMILES string of the molecule is CCNC1CC(Oc2cccc(CN3CCN(C(=O)CCl)CC3)c2)CCC1OC#N. The second-order valence-corrected chi connectivity index (χ2v) is 8.17. The summed E-state index contributed by atoms with van der Waals surface area (Å²) in [5.41, 5.74) is 1.20. The summed E-state index contributed by atoms with van der Waals surface area (Å²) < 4.78 is 11.5. The lowest BCUT2D eigenvalue weighted by molar-refractivity contribution is -0.130. The number of piperazine rings is 1. The summed E-state index contributed by atoms with van der Waals surface area (Å²) in [6, 6.07) is 8.38. The average molecular weight is 435 g/mol. The second kappa shape index (κ2) is 11.4. The number of nitrogens with zero attached hydrogens (tertiary/aromatic N) is 3. The van der Waals surface area contributed by atoms with E-state index in [2.05, 4.69) is 29.3 Å². The topological polar surface area (TPSA) is 77.8 Å². The van der Waals surface area contributed by atoms with Crippen molar-refractivity contribution < 1.29 is 14.3 Å². The van der Waals surface area contributed by atoms with Gasteiger partial charge in [0.2, 0.25) is 5.91 Å². The number of benzene rings is 1. The minimum atomic E-state index is -0.0783. The molecule has 0 bridgehead atoms. The van der Waals surface area contributed by atoms with E-state index in [0.29, 0.717) is 0 Å². The van der Waals surface area contributed by atoms with Crippen LogP contribution >= 0.6 is 11.6 Å². The van der Waals surface area contributed by atoms with Crippen molar-refractivity contribution in [3.63, 3.8) is 0 Å². The van der Waals surface area contributed by atoms with E-state index in [4.69, 9.17) is 26.3 Å². The second-order valence-electron chi connectivity index (χ2n) is 7.90. The van der Waals surface area contributed by atoms with Gasteiger partial charge in [-0.05, 0) is 37.1 Å². The Bertz CT molecular complexity index is 733. The van der Waals surface area contributed by atoms with Gasteiger partial charge in [0.1, 0.15) is 23.8 Å². The number of amides is 1. The number of carbonyl (C=O) groups excluding carboxylic acids is 1. The third-order valence-corrected chi connectivity index (χ3v) is 6.08. The Balaban J connectivity index is 1.52. The Hall–Kier alpha value is -2.01. The molecule has 1 amide bonds. The van der Waals surface area contributed by atoms with Gasteiger partial charge in [-0.25, -0.2) is 0 Å². The van der Waals surface area contributed by atoms with Crippen LogP contribution in [0.15, 0.2) is 24.3 Å². The number of rotatable bonds is 8. The highest BCUT2D eigenvalue weighted by atomic mass is 35.5. The van der Waals surface area contributed by atoms with Gasteiger partial charge in [0, 0.05) is 45.2 Å². The minimum Gasteiger partial charge on any atom is -0.490 e. The molecule has 1 N–H and O–H groups in total. The van der Waals surface area contributed by atoms with E-state index >= 15 is 0 Å². The predicted octanol–water partition coefficient (Wildman–Crippen LogP) is 2.35. The molecular weight excluding hydrogens is 404 g/mol. The van der Waals surface area contributed by atoms with Gasteiger partial charge in [-0.1, -0.05) is 19.1 Å². The molecule has 2 aliphatic rings. The van der Waals surface area contributed by atoms with Crippen LogP contribution in [0.3, 0.4) is 0 Å². The van der Waals surface area contributed by atoms with Crippen molar-refractivity contribution in [2.75, 3.05) is 38.6 Å². The normalized spacial score (nSPS) is 24.8. The number of halogens is 1. The lowest BCUT2D eigenvalue weighted by Crippen LogP contribution is -2.48. The summed E-state index contributed by atoms with van der Waals surface area (Å²) in [5, 5.41) is 12.3. The Morgan fingerprint density at radius 2 is 2.10 bits per heavy atom. The predicted molar refractivity (Wildman–Crippen MR) is 115 cm³/mol. The highest BCUT2D eigenvalue weighted by Crippen LogP contribution is 2.27. The van der Waals surface area contributed by atoms with Crippen molar-refractivity contribution in [1.82, 2.24) is 15.1 Å². The van der Waals surface area contributed by atoms with Crippen LogP contribution in [-0.2, 0) is 16.1 Å². The number of alkyl halides is 1. The summed E-state index contributed by atoms with van der Waals surface area (Å²) in [6.07, 6.45) is 4.36. The van der Waals surface area contributed by atoms with Crippen molar-refractivity contribution >= 4 is 17.5 Å². The Morgan fingerprint density at radius 3 is 2.80 bits per heavy atom. The molecule has 3 atom stereocenters. The average Bonchev–Trinajstić information content (AvgIpc) is 2.76. The van der Waals surface area contributed by atoms with Crippen molar-refractivity contribution in [3.05, 3.63) is 29.8 Å². The van der Waals surface area contributed by atoms with E-state index in [1.807, 2.05) is 23.3 Å². The zero-order chi connectivity index (χ0) is 21.3. The first-order valence-corrected chi connectivity index (χ1v) is 11.3. The molecule has 3 rings (SSSR count). The first kappa shape index (κ1) is 22.7. The molecule has 0 spiro atoms. The molecule has 0 aromatic heterocycles. The summed E-state index contributed by atoms with van der Waals surface area (Å²) in [7, 11) is 0. The van der Waals surface area contributed by atoms with Crippen LogP contribution in [0.1, 0.15) is 31.7 Å². The Kier molecular flexibility index (Phi) is 8.61. The van der Waals surface area contributed by atoms with E-state index in [1.165, 1.54) is 5.56 Å². The van der Waals surface area contributed by atoms with E-state index < -0.39 is 0 Å². The van der Waals surface area contributed by atoms with Gasteiger partial charge in [-0.3, -0.25) is 9.69 Å². The third kappa shape index (κ3) is 6.24. The summed E-state index contributed by atoms with van der Waals surface area (Å²) in [4.78, 5) is 15.9. The lowest BCUT2D eigenvalue weighted by Gasteiger charge is -2.35. The number of ether oxygens (including phenoxy) is 2. The molecule has 1 aliphatic carbocycles. The molecule has 8 heteroatoms. The first-order valence-electron chi connectivity index (χ1n) is 10.7. The quantitative estimate of drug-likeness (QED) is 0.500. The number of nitrogens with one attached hydrogen (secondary N) is 1. The molecule has 30 heavy (non-hydrogen) atoms. The maximum absolute atomic E-state index is 11.7. The smallest absolute Gasteiger partial charge is 0.286 e. The van der Waals surface area contributed by atoms with Gasteiger partial charge < -0.3 is 19.7 Å². The fourth-order valence-corrected chi connectivity index (χ4v) is 4.47. The molecule has 1 heterocycles. The number of likely N-dealkylation sites (N-methyl/N-ethyl adjacent to an activating group) is 1. The molecule has 1 aromatic rings. The zero-order valence-electron chi connectivity index (χ0n) is 17.6. The molecule has 7 nitrogen and oxygen atoms in total. The maximum atomic E-state index is 11.7. The summed E-state index contributed by atoms with van der Waals surface area (Å²) >= 11 is 5.66. The van der Waals surface area contributed by atoms with Crippen LogP contribution in [0.2, 0.25) is 0 Å². The molecule has 1 saturated heterocycles. The van der Waals surface area contributed by atoms with Crippen LogP contribution < -0.4 is 10.1 Å². The highest BCUT2D eigenvalue weighted by Gasteiger charge is 2.32. The molecule has 0 radical (unpaired) electrons. The van der Waals surface area contributed by atoms with Gasteiger partial charge in [-0.2, -0.15) is 5.26 Å². The molecule has 1 aromatic carbocycles. The van der Waals surface area contributed by atoms with Crippen molar-refractivity contribution in [3.8, 4) is 12.0 Å². The molecule has 164 valence electrons. The van der Waals surface area contributed by atoms with Crippen molar-refractivity contribution in [2.45, 2.75) is 51.0 Å². The summed E-state index contributed by atoms with van der Waals surface area (Å²) in [5.74, 6) is 0.944. The largest absolute Gasteiger partial charge is 0.490 e. The number of hydrogen-bond acceptors (Lipinski definition) is 6. The van der Waals surface area contributed by atoms with Crippen molar-refractivity contribution in [1.29, 1.82) is 5.26 Å². The molecular formula is C22H31ClN4O3. The molecule has 1 saturated carbocycles. The monoisotopic (exact) mass is 434 g/mol. The van der Waals surface area contributed by atoms with E-state index in [-0.39, 0.29) is 30.0 Å². The first-order chi connectivity index (χ1) is 14.6. The van der Waals surface area contributed by atoms with Gasteiger partial charge in [0.15, 0.2) is 0 Å². The molecule has 3 unspecified atom stereocenters. The fraction of sp³-hybridized carbons (Fsp3) is 0.636. The van der Waals surface area contributed by atoms with Crippen LogP contribution in [0.5, 0.6) is 5.75 Å².